The summed E-state index contributed by atoms with van der Waals surface area (Å²) in [5, 5.41) is 10.0. The predicted octanol–water partition coefficient (Wildman–Crippen LogP) is 3.43. The molecule has 1 fully saturated rings. The van der Waals surface area contributed by atoms with Gasteiger partial charge in [0.2, 0.25) is 0 Å². The van der Waals surface area contributed by atoms with Crippen LogP contribution in [0.25, 0.3) is 0 Å². The minimum atomic E-state index is -1.27. The van der Waals surface area contributed by atoms with Crippen molar-refractivity contribution in [3.8, 4) is 5.75 Å². The zero-order chi connectivity index (χ0) is 28.0. The van der Waals surface area contributed by atoms with Crippen molar-refractivity contribution in [2.45, 2.75) is 64.6 Å². The third kappa shape index (κ3) is 7.69. The van der Waals surface area contributed by atoms with E-state index in [2.05, 4.69) is 0 Å². The van der Waals surface area contributed by atoms with Gasteiger partial charge in [-0.1, -0.05) is 35.9 Å². The van der Waals surface area contributed by atoms with Gasteiger partial charge in [0.25, 0.3) is 0 Å². The zero-order valence-corrected chi connectivity index (χ0v) is 22.1. The Hall–Kier alpha value is -3.63. The van der Waals surface area contributed by atoms with Gasteiger partial charge in [-0.25, -0.2) is 0 Å². The first-order valence-electron chi connectivity index (χ1n) is 11.8. The Labute approximate surface area is 224 Å². The molecule has 3 rings (SSSR count). The third-order valence-corrected chi connectivity index (χ3v) is 6.09. The lowest BCUT2D eigenvalue weighted by atomic mass is 9.89. The molecule has 38 heavy (non-hydrogen) atoms. The number of hydrogen-bond acceptors (Lipinski definition) is 10. The molecule has 0 amide bonds. The largest absolute Gasteiger partial charge is 0.508 e. The molecule has 0 aliphatic carbocycles. The van der Waals surface area contributed by atoms with E-state index in [-0.39, 0.29) is 12.4 Å². The maximum absolute atomic E-state index is 12.1. The van der Waals surface area contributed by atoms with E-state index in [1.807, 2.05) is 0 Å². The van der Waals surface area contributed by atoms with Crippen molar-refractivity contribution in [1.29, 1.82) is 0 Å². The molecule has 1 saturated heterocycles. The average molecular weight is 549 g/mol. The van der Waals surface area contributed by atoms with E-state index in [1.165, 1.54) is 20.8 Å². The highest BCUT2D eigenvalue weighted by Crippen LogP contribution is 2.39. The summed E-state index contributed by atoms with van der Waals surface area (Å²) in [6.45, 7) is 4.41. The molecule has 11 heteroatoms. The SMILES string of the molecule is CC(=O)OCC1OC(c2ccc(Cl)c(Cc3ccc(O)cc3)c2)[C@H](OC(C)=O)C(OC(C)=O)[C@@H]1OC(C)=O. The molecular formula is C27H29ClO10. The fourth-order valence-electron chi connectivity index (χ4n) is 4.24. The molecular weight excluding hydrogens is 520 g/mol. The summed E-state index contributed by atoms with van der Waals surface area (Å²) < 4.78 is 27.8. The maximum Gasteiger partial charge on any atom is 0.303 e. The number of rotatable bonds is 8. The first-order valence-corrected chi connectivity index (χ1v) is 12.2. The van der Waals surface area contributed by atoms with Crippen LogP contribution in [-0.2, 0) is 49.3 Å². The number of phenolic OH excluding ortho intramolecular Hbond substituents is 1. The second kappa shape index (κ2) is 12.7. The highest BCUT2D eigenvalue weighted by molar-refractivity contribution is 6.31. The molecule has 0 aromatic heterocycles. The van der Waals surface area contributed by atoms with E-state index >= 15 is 0 Å². The Kier molecular flexibility index (Phi) is 9.71. The van der Waals surface area contributed by atoms with Crippen molar-refractivity contribution in [3.05, 3.63) is 64.2 Å². The molecule has 10 nitrogen and oxygen atoms in total. The van der Waals surface area contributed by atoms with Gasteiger partial charge in [-0.05, 0) is 41.3 Å². The molecule has 204 valence electrons. The molecule has 0 radical (unpaired) electrons. The normalized spacial score (nSPS) is 22.7. The van der Waals surface area contributed by atoms with Gasteiger partial charge in [0.15, 0.2) is 18.3 Å². The summed E-state index contributed by atoms with van der Waals surface area (Å²) in [7, 11) is 0. The number of carbonyl (C=O) groups excluding carboxylic acids is 4. The van der Waals surface area contributed by atoms with Crippen molar-refractivity contribution in [2.24, 2.45) is 0 Å². The number of halogens is 1. The third-order valence-electron chi connectivity index (χ3n) is 5.72. The van der Waals surface area contributed by atoms with Crippen molar-refractivity contribution in [1.82, 2.24) is 0 Å². The molecule has 0 saturated carbocycles. The van der Waals surface area contributed by atoms with E-state index in [1.54, 1.807) is 42.5 Å². The molecule has 5 atom stereocenters. The summed E-state index contributed by atoms with van der Waals surface area (Å²) in [6.07, 6.45) is -5.36. The Balaban J connectivity index is 2.06. The molecule has 2 aromatic rings. The van der Waals surface area contributed by atoms with E-state index in [0.717, 1.165) is 12.5 Å². The molecule has 1 heterocycles. The van der Waals surface area contributed by atoms with Crippen LogP contribution >= 0.6 is 11.6 Å². The van der Waals surface area contributed by atoms with Gasteiger partial charge in [0, 0.05) is 32.7 Å². The number of hydrogen-bond donors (Lipinski definition) is 1. The number of aromatic hydroxyl groups is 1. The predicted molar refractivity (Wildman–Crippen MR) is 133 cm³/mol. The molecule has 3 unspecified atom stereocenters. The fraction of sp³-hybridized carbons (Fsp3) is 0.407. The highest BCUT2D eigenvalue weighted by Gasteiger charge is 2.52. The molecule has 0 bridgehead atoms. The van der Waals surface area contributed by atoms with Gasteiger partial charge in [-0.2, -0.15) is 0 Å². The van der Waals surface area contributed by atoms with E-state index in [4.69, 9.17) is 35.3 Å². The quantitative estimate of drug-likeness (QED) is 0.386. The van der Waals surface area contributed by atoms with Gasteiger partial charge < -0.3 is 28.8 Å². The van der Waals surface area contributed by atoms with E-state index in [0.29, 0.717) is 22.6 Å². The first-order chi connectivity index (χ1) is 17.9. The molecule has 1 aliphatic rings. The van der Waals surface area contributed by atoms with Crippen LogP contribution in [0.4, 0.5) is 0 Å². The Morgan fingerprint density at radius 3 is 1.97 bits per heavy atom. The molecule has 1 N–H and O–H groups in total. The highest BCUT2D eigenvalue weighted by atomic mass is 35.5. The van der Waals surface area contributed by atoms with Gasteiger partial charge in [-0.3, -0.25) is 19.2 Å². The number of esters is 4. The van der Waals surface area contributed by atoms with Gasteiger partial charge in [0.05, 0.1) is 0 Å². The van der Waals surface area contributed by atoms with Crippen LogP contribution in [0.5, 0.6) is 5.75 Å². The minimum Gasteiger partial charge on any atom is -0.508 e. The summed E-state index contributed by atoms with van der Waals surface area (Å²) in [6, 6.07) is 11.7. The van der Waals surface area contributed by atoms with Gasteiger partial charge in [-0.15, -0.1) is 0 Å². The minimum absolute atomic E-state index is 0.131. The maximum atomic E-state index is 12.1. The number of carbonyl (C=O) groups is 4. The summed E-state index contributed by atoms with van der Waals surface area (Å²) in [5.41, 5.74) is 2.12. The lowest BCUT2D eigenvalue weighted by Gasteiger charge is -2.44. The molecule has 1 aliphatic heterocycles. The van der Waals surface area contributed by atoms with Crippen LogP contribution in [0.2, 0.25) is 5.02 Å². The van der Waals surface area contributed by atoms with Crippen LogP contribution in [0.15, 0.2) is 42.5 Å². The number of benzene rings is 2. The van der Waals surface area contributed by atoms with Crippen LogP contribution < -0.4 is 0 Å². The number of ether oxygens (including phenoxy) is 5. The Morgan fingerprint density at radius 1 is 0.816 bits per heavy atom. The topological polar surface area (TPSA) is 135 Å². The molecule has 0 spiro atoms. The van der Waals surface area contributed by atoms with Gasteiger partial charge >= 0.3 is 23.9 Å². The second-order valence-electron chi connectivity index (χ2n) is 8.81. The number of phenols is 1. The zero-order valence-electron chi connectivity index (χ0n) is 21.3. The van der Waals surface area contributed by atoms with Crippen molar-refractivity contribution < 1.29 is 48.0 Å². The standard InChI is InChI=1S/C27H29ClO10/c1-14(29)34-13-23-25(35-15(2)30)27(37-17(4)32)26(36-16(3)31)24(38-23)19-7-10-22(28)20(12-19)11-18-5-8-21(33)9-6-18/h5-10,12,23-27,33H,11,13H2,1-4H3/t23?,24?,25-,26+,27?/m1/s1. The van der Waals surface area contributed by atoms with Gasteiger partial charge in [0.1, 0.15) is 24.6 Å². The lowest BCUT2D eigenvalue weighted by Crippen LogP contribution is -2.59. The van der Waals surface area contributed by atoms with Crippen molar-refractivity contribution >= 4 is 35.5 Å². The summed E-state index contributed by atoms with van der Waals surface area (Å²) in [5.74, 6) is -2.56. The summed E-state index contributed by atoms with van der Waals surface area (Å²) in [4.78, 5) is 47.6. The average Bonchev–Trinajstić information content (AvgIpc) is 2.82. The van der Waals surface area contributed by atoms with Crippen LogP contribution in [0, 0.1) is 0 Å². The first kappa shape index (κ1) is 28.9. The van der Waals surface area contributed by atoms with Crippen molar-refractivity contribution in [2.75, 3.05) is 6.61 Å². The smallest absolute Gasteiger partial charge is 0.303 e. The second-order valence-corrected chi connectivity index (χ2v) is 9.22. The van der Waals surface area contributed by atoms with Crippen LogP contribution in [0.1, 0.15) is 50.5 Å². The lowest BCUT2D eigenvalue weighted by molar-refractivity contribution is -0.254. The monoisotopic (exact) mass is 548 g/mol. The van der Waals surface area contributed by atoms with E-state index < -0.39 is 54.4 Å². The summed E-state index contributed by atoms with van der Waals surface area (Å²) >= 11 is 6.47. The van der Waals surface area contributed by atoms with E-state index in [9.17, 15) is 24.3 Å². The Morgan fingerprint density at radius 2 is 1.39 bits per heavy atom. The molecule has 2 aromatic carbocycles. The van der Waals surface area contributed by atoms with Crippen LogP contribution in [0.3, 0.4) is 0 Å². The van der Waals surface area contributed by atoms with Crippen molar-refractivity contribution in [3.63, 3.8) is 0 Å². The Bertz CT molecular complexity index is 1180. The fourth-order valence-corrected chi connectivity index (χ4v) is 4.42. The van der Waals surface area contributed by atoms with Crippen LogP contribution in [-0.4, -0.2) is 60.0 Å².